The first-order chi connectivity index (χ1) is 9.22. The number of nitrogens with zero attached hydrogens (tertiary/aromatic N) is 1. The molecule has 0 aromatic heterocycles. The Morgan fingerprint density at radius 1 is 1.37 bits per heavy atom. The van der Waals surface area contributed by atoms with Gasteiger partial charge in [0.15, 0.2) is 0 Å². The fourth-order valence-electron chi connectivity index (χ4n) is 2.46. The molecule has 1 aliphatic rings. The van der Waals surface area contributed by atoms with Gasteiger partial charge < -0.3 is 10.2 Å². The lowest BCUT2D eigenvalue weighted by Crippen LogP contribution is -2.26. The lowest BCUT2D eigenvalue weighted by atomic mass is 10.1. The standard InChI is InChI=1S/C15H23BrN2S/c1-3-17-12(2)13-5-6-15(14(16)11-13)18-7-4-9-19-10-8-18/h5-6,11-12,17H,3-4,7-10H2,1-2H3. The second kappa shape index (κ2) is 7.55. The van der Waals surface area contributed by atoms with Gasteiger partial charge in [-0.25, -0.2) is 0 Å². The van der Waals surface area contributed by atoms with Crippen molar-refractivity contribution < 1.29 is 0 Å². The first-order valence-electron chi connectivity index (χ1n) is 7.08. The molecule has 0 radical (unpaired) electrons. The van der Waals surface area contributed by atoms with Crippen LogP contribution in [0.15, 0.2) is 22.7 Å². The molecule has 0 amide bonds. The largest absolute Gasteiger partial charge is 0.370 e. The molecule has 4 heteroatoms. The Kier molecular flexibility index (Phi) is 6.05. The summed E-state index contributed by atoms with van der Waals surface area (Å²) < 4.78 is 1.22. The predicted molar refractivity (Wildman–Crippen MR) is 90.4 cm³/mol. The van der Waals surface area contributed by atoms with E-state index >= 15 is 0 Å². The molecular weight excluding hydrogens is 320 g/mol. The maximum absolute atomic E-state index is 3.75. The van der Waals surface area contributed by atoms with Crippen LogP contribution in [-0.2, 0) is 0 Å². The van der Waals surface area contributed by atoms with Crippen LogP contribution < -0.4 is 10.2 Å². The van der Waals surface area contributed by atoms with Gasteiger partial charge in [0, 0.05) is 29.4 Å². The summed E-state index contributed by atoms with van der Waals surface area (Å²) in [5.41, 5.74) is 2.69. The fraction of sp³-hybridized carbons (Fsp3) is 0.600. The summed E-state index contributed by atoms with van der Waals surface area (Å²) in [6.45, 7) is 7.70. The van der Waals surface area contributed by atoms with E-state index in [1.807, 2.05) is 0 Å². The smallest absolute Gasteiger partial charge is 0.0511 e. The molecular formula is C15H23BrN2S. The van der Waals surface area contributed by atoms with E-state index in [1.54, 1.807) is 0 Å². The number of thioether (sulfide) groups is 1. The number of anilines is 1. The molecule has 1 aliphatic heterocycles. The van der Waals surface area contributed by atoms with Gasteiger partial charge in [-0.05, 0) is 59.3 Å². The Hall–Kier alpha value is -0.190. The maximum atomic E-state index is 3.75. The number of rotatable bonds is 4. The van der Waals surface area contributed by atoms with Gasteiger partial charge in [0.25, 0.3) is 0 Å². The first-order valence-corrected chi connectivity index (χ1v) is 9.02. The molecule has 2 nitrogen and oxygen atoms in total. The number of halogens is 1. The van der Waals surface area contributed by atoms with Crippen LogP contribution in [-0.4, -0.2) is 31.1 Å². The highest BCUT2D eigenvalue weighted by atomic mass is 79.9. The van der Waals surface area contributed by atoms with Gasteiger partial charge >= 0.3 is 0 Å². The number of benzene rings is 1. The first kappa shape index (κ1) is 15.2. The Bertz CT molecular complexity index is 403. The van der Waals surface area contributed by atoms with Crippen molar-refractivity contribution in [1.82, 2.24) is 5.32 Å². The summed E-state index contributed by atoms with van der Waals surface area (Å²) in [4.78, 5) is 2.51. The van der Waals surface area contributed by atoms with Crippen molar-refractivity contribution in [3.8, 4) is 0 Å². The molecule has 1 aromatic rings. The van der Waals surface area contributed by atoms with Crippen LogP contribution in [0.1, 0.15) is 31.9 Å². The van der Waals surface area contributed by atoms with Gasteiger partial charge in [-0.3, -0.25) is 0 Å². The predicted octanol–water partition coefficient (Wildman–Crippen LogP) is 4.06. The van der Waals surface area contributed by atoms with Crippen molar-refractivity contribution in [1.29, 1.82) is 0 Å². The minimum absolute atomic E-state index is 0.412. The zero-order valence-corrected chi connectivity index (χ0v) is 14.2. The van der Waals surface area contributed by atoms with E-state index in [2.05, 4.69) is 70.0 Å². The molecule has 1 saturated heterocycles. The quantitative estimate of drug-likeness (QED) is 0.887. The fourth-order valence-corrected chi connectivity index (χ4v) is 3.99. The Morgan fingerprint density at radius 3 is 2.95 bits per heavy atom. The Labute approximate surface area is 129 Å². The molecule has 0 saturated carbocycles. The SMILES string of the molecule is CCNC(C)c1ccc(N2CCCSCC2)c(Br)c1. The Balaban J connectivity index is 2.13. The van der Waals surface area contributed by atoms with E-state index in [4.69, 9.17) is 0 Å². The average Bonchev–Trinajstić information content (AvgIpc) is 2.67. The van der Waals surface area contributed by atoms with E-state index in [0.717, 1.165) is 13.1 Å². The van der Waals surface area contributed by atoms with Crippen molar-refractivity contribution in [2.24, 2.45) is 0 Å². The van der Waals surface area contributed by atoms with E-state index in [-0.39, 0.29) is 0 Å². The molecule has 1 aromatic carbocycles. The van der Waals surface area contributed by atoms with Gasteiger partial charge in [0.05, 0.1) is 5.69 Å². The minimum atomic E-state index is 0.412. The summed E-state index contributed by atoms with van der Waals surface area (Å²) >= 11 is 5.82. The van der Waals surface area contributed by atoms with Gasteiger partial charge in [0.1, 0.15) is 0 Å². The molecule has 1 unspecified atom stereocenters. The van der Waals surface area contributed by atoms with Crippen LogP contribution in [0.25, 0.3) is 0 Å². The zero-order chi connectivity index (χ0) is 13.7. The monoisotopic (exact) mass is 342 g/mol. The van der Waals surface area contributed by atoms with Crippen LogP contribution in [0.3, 0.4) is 0 Å². The van der Waals surface area contributed by atoms with Crippen LogP contribution in [0, 0.1) is 0 Å². The zero-order valence-electron chi connectivity index (χ0n) is 11.8. The van der Waals surface area contributed by atoms with E-state index < -0.39 is 0 Å². The van der Waals surface area contributed by atoms with Gasteiger partial charge in [-0.2, -0.15) is 11.8 Å². The van der Waals surface area contributed by atoms with Crippen molar-refractivity contribution in [3.63, 3.8) is 0 Å². The number of hydrogen-bond acceptors (Lipinski definition) is 3. The summed E-state index contributed by atoms with van der Waals surface area (Å²) in [5, 5.41) is 3.46. The van der Waals surface area contributed by atoms with Gasteiger partial charge in [-0.15, -0.1) is 0 Å². The average molecular weight is 343 g/mol. The summed E-state index contributed by atoms with van der Waals surface area (Å²) in [6, 6.07) is 7.20. The minimum Gasteiger partial charge on any atom is -0.370 e. The van der Waals surface area contributed by atoms with Crippen LogP contribution in [0.2, 0.25) is 0 Å². The summed E-state index contributed by atoms with van der Waals surface area (Å²) in [5.74, 6) is 2.53. The highest BCUT2D eigenvalue weighted by Crippen LogP contribution is 2.30. The van der Waals surface area contributed by atoms with E-state index in [9.17, 15) is 0 Å². The maximum Gasteiger partial charge on any atom is 0.0511 e. The second-order valence-electron chi connectivity index (χ2n) is 4.94. The lowest BCUT2D eigenvalue weighted by molar-refractivity contribution is 0.598. The third-order valence-electron chi connectivity index (χ3n) is 3.54. The highest BCUT2D eigenvalue weighted by Gasteiger charge is 2.14. The third kappa shape index (κ3) is 4.14. The topological polar surface area (TPSA) is 15.3 Å². The second-order valence-corrected chi connectivity index (χ2v) is 7.02. The number of nitrogens with one attached hydrogen (secondary N) is 1. The van der Waals surface area contributed by atoms with Crippen LogP contribution >= 0.6 is 27.7 Å². The van der Waals surface area contributed by atoms with Crippen molar-refractivity contribution >= 4 is 33.4 Å². The van der Waals surface area contributed by atoms with E-state index in [1.165, 1.54) is 40.2 Å². The molecule has 1 heterocycles. The molecule has 0 spiro atoms. The van der Waals surface area contributed by atoms with Crippen molar-refractivity contribution in [3.05, 3.63) is 28.2 Å². The van der Waals surface area contributed by atoms with Gasteiger partial charge in [-0.1, -0.05) is 13.0 Å². The molecule has 106 valence electrons. The normalized spacial score (nSPS) is 18.2. The molecule has 1 atom stereocenters. The summed E-state index contributed by atoms with van der Waals surface area (Å²) in [6.07, 6.45) is 1.28. The van der Waals surface area contributed by atoms with Crippen molar-refractivity contribution in [2.75, 3.05) is 36.0 Å². The lowest BCUT2D eigenvalue weighted by Gasteiger charge is -2.24. The summed E-state index contributed by atoms with van der Waals surface area (Å²) in [7, 11) is 0. The number of hydrogen-bond donors (Lipinski definition) is 1. The van der Waals surface area contributed by atoms with Gasteiger partial charge in [0.2, 0.25) is 0 Å². The molecule has 0 bridgehead atoms. The molecule has 0 aliphatic carbocycles. The molecule has 1 N–H and O–H groups in total. The van der Waals surface area contributed by atoms with Crippen molar-refractivity contribution in [2.45, 2.75) is 26.3 Å². The Morgan fingerprint density at radius 2 is 2.21 bits per heavy atom. The van der Waals surface area contributed by atoms with Crippen LogP contribution in [0.4, 0.5) is 5.69 Å². The van der Waals surface area contributed by atoms with Crippen LogP contribution in [0.5, 0.6) is 0 Å². The van der Waals surface area contributed by atoms with E-state index in [0.29, 0.717) is 6.04 Å². The molecule has 1 fully saturated rings. The third-order valence-corrected chi connectivity index (χ3v) is 5.23. The molecule has 2 rings (SSSR count). The highest BCUT2D eigenvalue weighted by molar-refractivity contribution is 9.10. The molecule has 19 heavy (non-hydrogen) atoms.